The van der Waals surface area contributed by atoms with Crippen molar-refractivity contribution in [3.8, 4) is 5.75 Å². The lowest BCUT2D eigenvalue weighted by molar-refractivity contribution is -0.121. The zero-order valence-electron chi connectivity index (χ0n) is 12.4. The molecular weight excluding hydrogens is 349 g/mol. The summed E-state index contributed by atoms with van der Waals surface area (Å²) in [5.41, 5.74) is 1.62. The van der Waals surface area contributed by atoms with E-state index in [0.29, 0.717) is 5.56 Å². The summed E-state index contributed by atoms with van der Waals surface area (Å²) >= 11 is 3.35. The first-order valence-electron chi connectivity index (χ1n) is 6.87. The summed E-state index contributed by atoms with van der Waals surface area (Å²) < 4.78 is 19.5. The Labute approximate surface area is 137 Å². The van der Waals surface area contributed by atoms with Crippen LogP contribution in [0, 0.1) is 5.82 Å². The van der Waals surface area contributed by atoms with Gasteiger partial charge >= 0.3 is 0 Å². The Balaban J connectivity index is 1.98. The molecule has 2 rings (SSSR count). The lowest BCUT2D eigenvalue weighted by Gasteiger charge is -2.15. The SMILES string of the molecule is COc1ccc(C(C)NC(=O)Cc2ccc(Br)cc2)cc1F. The third-order valence-electron chi connectivity index (χ3n) is 3.33. The van der Waals surface area contributed by atoms with E-state index in [1.165, 1.54) is 13.2 Å². The van der Waals surface area contributed by atoms with Crippen LogP contribution in [-0.2, 0) is 11.2 Å². The molecule has 1 amide bonds. The number of ether oxygens (including phenoxy) is 1. The molecule has 0 heterocycles. The van der Waals surface area contributed by atoms with Gasteiger partial charge in [0.15, 0.2) is 11.6 Å². The zero-order valence-corrected chi connectivity index (χ0v) is 14.0. The highest BCUT2D eigenvalue weighted by Gasteiger charge is 2.12. The Morgan fingerprint density at radius 1 is 1.27 bits per heavy atom. The van der Waals surface area contributed by atoms with Gasteiger partial charge in [-0.2, -0.15) is 0 Å². The maximum atomic E-state index is 13.7. The highest BCUT2D eigenvalue weighted by atomic mass is 79.9. The van der Waals surface area contributed by atoms with Gasteiger partial charge in [0.25, 0.3) is 0 Å². The van der Waals surface area contributed by atoms with E-state index >= 15 is 0 Å². The van der Waals surface area contributed by atoms with Gasteiger partial charge in [0, 0.05) is 4.47 Å². The molecule has 0 saturated heterocycles. The molecule has 3 nitrogen and oxygen atoms in total. The van der Waals surface area contributed by atoms with Gasteiger partial charge in [-0.1, -0.05) is 34.1 Å². The molecular formula is C17H17BrFNO2. The molecule has 1 atom stereocenters. The Hall–Kier alpha value is -1.88. The molecule has 0 aliphatic rings. The lowest BCUT2D eigenvalue weighted by Crippen LogP contribution is -2.28. The molecule has 0 aliphatic heterocycles. The number of hydrogen-bond acceptors (Lipinski definition) is 2. The van der Waals surface area contributed by atoms with E-state index in [2.05, 4.69) is 21.2 Å². The monoisotopic (exact) mass is 365 g/mol. The highest BCUT2D eigenvalue weighted by molar-refractivity contribution is 9.10. The third kappa shape index (κ3) is 4.31. The van der Waals surface area contributed by atoms with Crippen LogP contribution in [0.2, 0.25) is 0 Å². The van der Waals surface area contributed by atoms with Crippen LogP contribution < -0.4 is 10.1 Å². The fraction of sp³-hybridized carbons (Fsp3) is 0.235. The van der Waals surface area contributed by atoms with E-state index in [-0.39, 0.29) is 24.1 Å². The van der Waals surface area contributed by atoms with Crippen LogP contribution in [0.25, 0.3) is 0 Å². The molecule has 0 aromatic heterocycles. The van der Waals surface area contributed by atoms with Crippen molar-refractivity contribution in [1.29, 1.82) is 0 Å². The molecule has 2 aromatic rings. The molecule has 0 aliphatic carbocycles. The number of carbonyl (C=O) groups is 1. The van der Waals surface area contributed by atoms with Gasteiger partial charge in [0.05, 0.1) is 19.6 Å². The molecule has 0 bridgehead atoms. The van der Waals surface area contributed by atoms with Crippen molar-refractivity contribution in [1.82, 2.24) is 5.32 Å². The van der Waals surface area contributed by atoms with Gasteiger partial charge in [0.1, 0.15) is 0 Å². The first kappa shape index (κ1) is 16.5. The van der Waals surface area contributed by atoms with E-state index in [4.69, 9.17) is 4.74 Å². The topological polar surface area (TPSA) is 38.3 Å². The minimum Gasteiger partial charge on any atom is -0.494 e. The van der Waals surface area contributed by atoms with Gasteiger partial charge in [-0.05, 0) is 42.3 Å². The number of benzene rings is 2. The Bertz CT molecular complexity index is 658. The quantitative estimate of drug-likeness (QED) is 0.868. The molecule has 1 N–H and O–H groups in total. The van der Waals surface area contributed by atoms with Gasteiger partial charge in [-0.15, -0.1) is 0 Å². The Morgan fingerprint density at radius 3 is 2.55 bits per heavy atom. The van der Waals surface area contributed by atoms with Crippen molar-refractivity contribution >= 4 is 21.8 Å². The van der Waals surface area contributed by atoms with E-state index in [9.17, 15) is 9.18 Å². The number of amides is 1. The predicted molar refractivity (Wildman–Crippen MR) is 87.4 cm³/mol. The Morgan fingerprint density at radius 2 is 1.95 bits per heavy atom. The van der Waals surface area contributed by atoms with Crippen LogP contribution in [-0.4, -0.2) is 13.0 Å². The fourth-order valence-electron chi connectivity index (χ4n) is 2.12. The highest BCUT2D eigenvalue weighted by Crippen LogP contribution is 2.21. The maximum absolute atomic E-state index is 13.7. The van der Waals surface area contributed by atoms with Crippen LogP contribution in [0.15, 0.2) is 46.9 Å². The summed E-state index contributed by atoms with van der Waals surface area (Å²) in [5.74, 6) is -0.350. The second kappa shape index (κ2) is 7.40. The standard InChI is InChI=1S/C17H17BrFNO2/c1-11(13-5-8-16(22-2)15(19)10-13)20-17(21)9-12-3-6-14(18)7-4-12/h3-8,10-11H,9H2,1-2H3,(H,20,21). The molecule has 0 spiro atoms. The van der Waals surface area contributed by atoms with Crippen LogP contribution in [0.4, 0.5) is 4.39 Å². The van der Waals surface area contributed by atoms with Crippen LogP contribution in [0.5, 0.6) is 5.75 Å². The van der Waals surface area contributed by atoms with Crippen LogP contribution in [0.1, 0.15) is 24.1 Å². The minimum absolute atomic E-state index is 0.106. The fourth-order valence-corrected chi connectivity index (χ4v) is 2.38. The van der Waals surface area contributed by atoms with Crippen molar-refractivity contribution in [2.45, 2.75) is 19.4 Å². The summed E-state index contributed by atoms with van der Waals surface area (Å²) in [5, 5.41) is 2.87. The van der Waals surface area contributed by atoms with Crippen molar-refractivity contribution in [2.75, 3.05) is 7.11 Å². The summed E-state index contributed by atoms with van der Waals surface area (Å²) in [6, 6.07) is 12.0. The van der Waals surface area contributed by atoms with Crippen molar-refractivity contribution in [2.24, 2.45) is 0 Å². The number of halogens is 2. The van der Waals surface area contributed by atoms with Crippen molar-refractivity contribution < 1.29 is 13.9 Å². The second-order valence-corrected chi connectivity index (χ2v) is 5.90. The molecule has 0 fully saturated rings. The molecule has 1 unspecified atom stereocenters. The van der Waals surface area contributed by atoms with E-state index in [1.54, 1.807) is 12.1 Å². The summed E-state index contributed by atoms with van der Waals surface area (Å²) in [4.78, 5) is 12.0. The lowest BCUT2D eigenvalue weighted by atomic mass is 10.1. The number of rotatable bonds is 5. The van der Waals surface area contributed by atoms with Crippen molar-refractivity contribution in [3.63, 3.8) is 0 Å². The predicted octanol–water partition coefficient (Wildman–Crippen LogP) is 4.02. The number of methoxy groups -OCH3 is 1. The second-order valence-electron chi connectivity index (χ2n) is 4.99. The smallest absolute Gasteiger partial charge is 0.224 e. The third-order valence-corrected chi connectivity index (χ3v) is 3.86. The summed E-state index contributed by atoms with van der Waals surface area (Å²) in [6.45, 7) is 1.82. The first-order chi connectivity index (χ1) is 10.5. The van der Waals surface area contributed by atoms with Gasteiger partial charge in [-0.3, -0.25) is 4.79 Å². The molecule has 116 valence electrons. The van der Waals surface area contributed by atoms with E-state index < -0.39 is 5.82 Å². The molecule has 5 heteroatoms. The van der Waals surface area contributed by atoms with Gasteiger partial charge < -0.3 is 10.1 Å². The number of nitrogens with one attached hydrogen (secondary N) is 1. The molecule has 0 saturated carbocycles. The van der Waals surface area contributed by atoms with Crippen molar-refractivity contribution in [3.05, 3.63) is 63.9 Å². The van der Waals surface area contributed by atoms with Crippen LogP contribution >= 0.6 is 15.9 Å². The average molecular weight is 366 g/mol. The first-order valence-corrected chi connectivity index (χ1v) is 7.66. The molecule has 22 heavy (non-hydrogen) atoms. The average Bonchev–Trinajstić information content (AvgIpc) is 2.49. The maximum Gasteiger partial charge on any atom is 0.224 e. The number of carbonyl (C=O) groups excluding carboxylic acids is 1. The van der Waals surface area contributed by atoms with Gasteiger partial charge in [-0.25, -0.2) is 4.39 Å². The van der Waals surface area contributed by atoms with E-state index in [0.717, 1.165) is 10.0 Å². The largest absolute Gasteiger partial charge is 0.494 e. The van der Waals surface area contributed by atoms with E-state index in [1.807, 2.05) is 31.2 Å². The minimum atomic E-state index is -0.436. The normalized spacial score (nSPS) is 11.8. The summed E-state index contributed by atoms with van der Waals surface area (Å²) in [6.07, 6.45) is 0.288. The Kier molecular flexibility index (Phi) is 5.55. The van der Waals surface area contributed by atoms with Crippen LogP contribution in [0.3, 0.4) is 0 Å². The molecule has 2 aromatic carbocycles. The zero-order chi connectivity index (χ0) is 16.1. The van der Waals surface area contributed by atoms with Gasteiger partial charge in [0.2, 0.25) is 5.91 Å². The number of hydrogen-bond donors (Lipinski definition) is 1. The molecule has 0 radical (unpaired) electrons. The summed E-state index contributed by atoms with van der Waals surface area (Å²) in [7, 11) is 1.42.